The Balaban J connectivity index is 1.16. The maximum atomic E-state index is 2.49. The van der Waals surface area contributed by atoms with E-state index >= 15 is 0 Å². The zero-order valence-electron chi connectivity index (χ0n) is 34.6. The van der Waals surface area contributed by atoms with Crippen LogP contribution in [0.25, 0.3) is 93.6 Å². The summed E-state index contributed by atoms with van der Waals surface area (Å²) in [5.74, 6) is 0. The van der Waals surface area contributed by atoms with Gasteiger partial charge >= 0.3 is 0 Å². The highest BCUT2D eigenvalue weighted by atomic mass is 15.0. The Morgan fingerprint density at radius 1 is 0.271 bits per heavy atom. The van der Waals surface area contributed by atoms with E-state index in [1.165, 1.54) is 99.0 Å². The Morgan fingerprint density at radius 3 is 1.27 bits per heavy atom. The van der Waals surface area contributed by atoms with Crippen molar-refractivity contribution < 1.29 is 0 Å². The standard InChI is InChI=1S/C56H47N3/c1-55(2,3)38-23-28-51-46(33-38)44-26-21-37(36-22-27-50-45(31-36)47-34-39(56(4,5)6)24-29-52(47)58(50)41-17-11-8-12-18-41)32-54(44)59(51)42-25-30-53-48(35-42)43-19-13-14-20-49(43)57(53)40-15-9-7-10-16-40/h7-35H,1-6H3. The first-order valence-corrected chi connectivity index (χ1v) is 20.9. The molecule has 11 rings (SSSR count). The molecule has 3 aromatic heterocycles. The zero-order valence-corrected chi connectivity index (χ0v) is 34.6. The third kappa shape index (κ3) is 5.56. The Hall–Kier alpha value is -6.84. The maximum absolute atomic E-state index is 2.49. The molecule has 0 aliphatic rings. The smallest absolute Gasteiger partial charge is 0.0547 e. The predicted octanol–water partition coefficient (Wildman–Crippen LogP) is 15.2. The number of fused-ring (bicyclic) bond motifs is 9. The van der Waals surface area contributed by atoms with Gasteiger partial charge < -0.3 is 13.7 Å². The third-order valence-electron chi connectivity index (χ3n) is 12.5. The lowest BCUT2D eigenvalue weighted by Gasteiger charge is -2.19. The molecule has 286 valence electrons. The molecule has 0 radical (unpaired) electrons. The van der Waals surface area contributed by atoms with E-state index in [2.05, 4.69) is 231 Å². The van der Waals surface area contributed by atoms with Gasteiger partial charge in [0.2, 0.25) is 0 Å². The van der Waals surface area contributed by atoms with Crippen LogP contribution in [0.1, 0.15) is 52.7 Å². The largest absolute Gasteiger partial charge is 0.309 e. The van der Waals surface area contributed by atoms with Gasteiger partial charge in [-0.25, -0.2) is 0 Å². The molecule has 11 aromatic rings. The molecule has 0 spiro atoms. The summed E-state index contributed by atoms with van der Waals surface area (Å²) in [5, 5.41) is 7.59. The van der Waals surface area contributed by atoms with Crippen molar-refractivity contribution >= 4 is 65.4 Å². The zero-order chi connectivity index (χ0) is 40.2. The van der Waals surface area contributed by atoms with Crippen molar-refractivity contribution in [3.05, 3.63) is 187 Å². The molecule has 0 saturated carbocycles. The third-order valence-corrected chi connectivity index (χ3v) is 12.5. The molecule has 3 nitrogen and oxygen atoms in total. The molecule has 0 saturated heterocycles. The fraction of sp³-hybridized carbons (Fsp3) is 0.143. The van der Waals surface area contributed by atoms with Crippen LogP contribution >= 0.6 is 0 Å². The molecule has 0 aliphatic heterocycles. The van der Waals surface area contributed by atoms with Gasteiger partial charge in [-0.1, -0.05) is 126 Å². The van der Waals surface area contributed by atoms with Crippen molar-refractivity contribution in [2.75, 3.05) is 0 Å². The first-order chi connectivity index (χ1) is 28.5. The van der Waals surface area contributed by atoms with E-state index in [0.29, 0.717) is 0 Å². The summed E-state index contributed by atoms with van der Waals surface area (Å²) in [6, 6.07) is 65.5. The number of benzene rings is 8. The summed E-state index contributed by atoms with van der Waals surface area (Å²) in [6.45, 7) is 13.8. The van der Waals surface area contributed by atoms with Gasteiger partial charge in [0.1, 0.15) is 0 Å². The van der Waals surface area contributed by atoms with Crippen LogP contribution in [-0.4, -0.2) is 13.7 Å². The van der Waals surface area contributed by atoms with Crippen molar-refractivity contribution in [1.82, 2.24) is 13.7 Å². The van der Waals surface area contributed by atoms with Gasteiger partial charge in [0.05, 0.1) is 33.1 Å². The first kappa shape index (κ1) is 35.3. The summed E-state index contributed by atoms with van der Waals surface area (Å²) in [7, 11) is 0. The predicted molar refractivity (Wildman–Crippen MR) is 252 cm³/mol. The van der Waals surface area contributed by atoms with Crippen LogP contribution in [0.2, 0.25) is 0 Å². The summed E-state index contributed by atoms with van der Waals surface area (Å²) in [6.07, 6.45) is 0. The first-order valence-electron chi connectivity index (χ1n) is 20.9. The quantitative estimate of drug-likeness (QED) is 0.170. The van der Waals surface area contributed by atoms with Gasteiger partial charge in [-0.2, -0.15) is 0 Å². The number of hydrogen-bond donors (Lipinski definition) is 0. The molecular weight excluding hydrogens is 715 g/mol. The van der Waals surface area contributed by atoms with Crippen molar-refractivity contribution in [3.8, 4) is 28.2 Å². The second kappa shape index (κ2) is 12.8. The van der Waals surface area contributed by atoms with Gasteiger partial charge in [-0.15, -0.1) is 0 Å². The minimum atomic E-state index is 0.0297. The lowest BCUT2D eigenvalue weighted by atomic mass is 9.86. The summed E-state index contributed by atoms with van der Waals surface area (Å²) < 4.78 is 7.30. The van der Waals surface area contributed by atoms with Crippen LogP contribution in [0.15, 0.2) is 176 Å². The Morgan fingerprint density at radius 2 is 0.678 bits per heavy atom. The second-order valence-corrected chi connectivity index (χ2v) is 18.3. The average molecular weight is 762 g/mol. The van der Waals surface area contributed by atoms with Crippen LogP contribution in [0.3, 0.4) is 0 Å². The highest BCUT2D eigenvalue weighted by Gasteiger charge is 2.22. The second-order valence-electron chi connectivity index (χ2n) is 18.3. The van der Waals surface area contributed by atoms with Gasteiger partial charge in [0.15, 0.2) is 0 Å². The molecule has 8 aromatic carbocycles. The Kier molecular flexibility index (Phi) is 7.68. The van der Waals surface area contributed by atoms with Crippen LogP contribution < -0.4 is 0 Å². The van der Waals surface area contributed by atoms with E-state index < -0.39 is 0 Å². The van der Waals surface area contributed by atoms with Gasteiger partial charge in [0, 0.05) is 49.4 Å². The van der Waals surface area contributed by atoms with Crippen LogP contribution in [0.5, 0.6) is 0 Å². The normalized spacial score (nSPS) is 12.6. The van der Waals surface area contributed by atoms with E-state index in [-0.39, 0.29) is 10.8 Å². The molecule has 0 atom stereocenters. The SMILES string of the molecule is CC(C)(C)c1ccc2c(c1)c1cc(-c3ccc4c5cc(C(C)(C)C)ccc5n(-c5ccc6c(c5)c5ccccc5n6-c5ccccc5)c4c3)ccc1n2-c1ccccc1. The molecule has 0 N–H and O–H groups in total. The fourth-order valence-corrected chi connectivity index (χ4v) is 9.42. The molecular formula is C56H47N3. The number of nitrogens with zero attached hydrogens (tertiary/aromatic N) is 3. The highest BCUT2D eigenvalue weighted by molar-refractivity contribution is 6.14. The average Bonchev–Trinajstić information content (AvgIpc) is 3.88. The maximum Gasteiger partial charge on any atom is 0.0547 e. The van der Waals surface area contributed by atoms with E-state index in [4.69, 9.17) is 0 Å². The van der Waals surface area contributed by atoms with Gasteiger partial charge in [0.25, 0.3) is 0 Å². The number of aromatic nitrogens is 3. The van der Waals surface area contributed by atoms with Crippen molar-refractivity contribution in [3.63, 3.8) is 0 Å². The van der Waals surface area contributed by atoms with Gasteiger partial charge in [-0.3, -0.25) is 0 Å². The molecule has 3 heterocycles. The fourth-order valence-electron chi connectivity index (χ4n) is 9.42. The van der Waals surface area contributed by atoms with Crippen molar-refractivity contribution in [2.45, 2.75) is 52.4 Å². The highest BCUT2D eigenvalue weighted by Crippen LogP contribution is 2.42. The summed E-state index contributed by atoms with van der Waals surface area (Å²) in [5.41, 5.74) is 15.9. The molecule has 0 amide bonds. The van der Waals surface area contributed by atoms with Crippen molar-refractivity contribution in [2.24, 2.45) is 0 Å². The monoisotopic (exact) mass is 761 g/mol. The molecule has 0 bridgehead atoms. The Bertz CT molecular complexity index is 3430. The molecule has 3 heteroatoms. The molecule has 0 fully saturated rings. The lowest BCUT2D eigenvalue weighted by Crippen LogP contribution is -2.10. The minimum Gasteiger partial charge on any atom is -0.309 e. The summed E-state index contributed by atoms with van der Waals surface area (Å²) in [4.78, 5) is 0. The van der Waals surface area contributed by atoms with E-state index in [0.717, 1.165) is 5.69 Å². The molecule has 0 aliphatic carbocycles. The van der Waals surface area contributed by atoms with Crippen LogP contribution in [0, 0.1) is 0 Å². The minimum absolute atomic E-state index is 0.0297. The number of rotatable bonds is 4. The topological polar surface area (TPSA) is 14.8 Å². The Labute approximate surface area is 345 Å². The van der Waals surface area contributed by atoms with Gasteiger partial charge in [-0.05, 0) is 124 Å². The van der Waals surface area contributed by atoms with Crippen LogP contribution in [-0.2, 0) is 10.8 Å². The van der Waals surface area contributed by atoms with Crippen LogP contribution in [0.4, 0.5) is 0 Å². The van der Waals surface area contributed by atoms with E-state index in [1.807, 2.05) is 0 Å². The number of hydrogen-bond acceptors (Lipinski definition) is 0. The van der Waals surface area contributed by atoms with E-state index in [1.54, 1.807) is 0 Å². The van der Waals surface area contributed by atoms with E-state index in [9.17, 15) is 0 Å². The molecule has 0 unspecified atom stereocenters. The number of para-hydroxylation sites is 3. The molecule has 59 heavy (non-hydrogen) atoms. The lowest BCUT2D eigenvalue weighted by molar-refractivity contribution is 0.591. The van der Waals surface area contributed by atoms with Crippen molar-refractivity contribution in [1.29, 1.82) is 0 Å². The summed E-state index contributed by atoms with van der Waals surface area (Å²) >= 11 is 0.